The summed E-state index contributed by atoms with van der Waals surface area (Å²) in [4.78, 5) is 14.4. The quantitative estimate of drug-likeness (QED) is 0.735. The highest BCUT2D eigenvalue weighted by molar-refractivity contribution is 7.90. The molecule has 2 aromatic rings. The van der Waals surface area contributed by atoms with E-state index in [9.17, 15) is 13.2 Å². The monoisotopic (exact) mass is 225 g/mol. The summed E-state index contributed by atoms with van der Waals surface area (Å²) in [5, 5.41) is 6.39. The molecule has 0 unspecified atom stereocenters. The molecule has 0 aliphatic rings. The first-order chi connectivity index (χ1) is 7.02. The highest BCUT2D eigenvalue weighted by atomic mass is 32.2. The van der Waals surface area contributed by atoms with Crippen molar-refractivity contribution in [2.24, 2.45) is 0 Å². The lowest BCUT2D eigenvalue weighted by atomic mass is 10.2. The van der Waals surface area contributed by atoms with Crippen molar-refractivity contribution in [2.75, 3.05) is 6.26 Å². The van der Waals surface area contributed by atoms with E-state index >= 15 is 0 Å². The van der Waals surface area contributed by atoms with Gasteiger partial charge in [0.1, 0.15) is 0 Å². The smallest absolute Gasteiger partial charge is 0.195 e. The number of carbonyl (C=O) groups excluding carboxylic acids is 1. The van der Waals surface area contributed by atoms with Crippen LogP contribution in [0.5, 0.6) is 0 Å². The largest absolute Gasteiger partial charge is 0.298 e. The fourth-order valence-corrected chi connectivity index (χ4v) is 2.01. The molecular weight excluding hydrogens is 218 g/mol. The number of hydrogen-bond donors (Lipinski definition) is 1. The van der Waals surface area contributed by atoms with Gasteiger partial charge in [-0.2, -0.15) is 5.10 Å². The number of rotatable bonds is 2. The van der Waals surface area contributed by atoms with Crippen molar-refractivity contribution in [1.82, 2.24) is 15.2 Å². The molecule has 2 heterocycles. The Kier molecular flexibility index (Phi) is 2.04. The maximum atomic E-state index is 11.3. The van der Waals surface area contributed by atoms with E-state index < -0.39 is 9.84 Å². The standard InChI is InChI=1S/C8H7N3O3S/c1-15(13,14)8-6-2-5(4-12)3-9-7(6)10-11-8/h2-4H,1H3,(H,9,10,11). The van der Waals surface area contributed by atoms with Crippen LogP contribution >= 0.6 is 0 Å². The second kappa shape index (κ2) is 3.13. The Hall–Kier alpha value is -1.76. The molecular formula is C8H7N3O3S. The summed E-state index contributed by atoms with van der Waals surface area (Å²) in [7, 11) is -3.41. The number of hydrogen-bond acceptors (Lipinski definition) is 5. The third kappa shape index (κ3) is 1.61. The van der Waals surface area contributed by atoms with Gasteiger partial charge in [-0.3, -0.25) is 9.89 Å². The average Bonchev–Trinajstić information content (AvgIpc) is 2.59. The topological polar surface area (TPSA) is 92.8 Å². The van der Waals surface area contributed by atoms with E-state index in [0.717, 1.165) is 6.26 Å². The number of aromatic nitrogens is 3. The Bertz CT molecular complexity index is 630. The minimum absolute atomic E-state index is 0.0892. The van der Waals surface area contributed by atoms with E-state index in [1.807, 2.05) is 0 Å². The maximum Gasteiger partial charge on any atom is 0.195 e. The van der Waals surface area contributed by atoms with Gasteiger partial charge in [-0.25, -0.2) is 13.4 Å². The van der Waals surface area contributed by atoms with Crippen LogP contribution in [-0.2, 0) is 9.84 Å². The molecule has 2 rings (SSSR count). The second-order valence-corrected chi connectivity index (χ2v) is 5.01. The zero-order valence-corrected chi connectivity index (χ0v) is 8.58. The number of nitrogens with one attached hydrogen (secondary N) is 1. The molecule has 0 spiro atoms. The van der Waals surface area contributed by atoms with Crippen LogP contribution in [-0.4, -0.2) is 36.1 Å². The number of aldehydes is 1. The SMILES string of the molecule is CS(=O)(=O)c1n[nH]c2ncc(C=O)cc12. The number of H-pyrrole nitrogens is 1. The van der Waals surface area contributed by atoms with Crippen molar-refractivity contribution in [2.45, 2.75) is 5.03 Å². The van der Waals surface area contributed by atoms with Gasteiger partial charge in [0.2, 0.25) is 0 Å². The number of fused-ring (bicyclic) bond motifs is 1. The highest BCUT2D eigenvalue weighted by Gasteiger charge is 2.16. The van der Waals surface area contributed by atoms with Crippen molar-refractivity contribution in [3.8, 4) is 0 Å². The lowest BCUT2D eigenvalue weighted by Crippen LogP contribution is -1.98. The fourth-order valence-electron chi connectivity index (χ4n) is 1.24. The van der Waals surface area contributed by atoms with Gasteiger partial charge < -0.3 is 0 Å². The molecule has 0 aromatic carbocycles. The maximum absolute atomic E-state index is 11.3. The highest BCUT2D eigenvalue weighted by Crippen LogP contribution is 2.18. The second-order valence-electron chi connectivity index (χ2n) is 3.08. The number of aromatic amines is 1. The van der Waals surface area contributed by atoms with E-state index in [4.69, 9.17) is 0 Å². The number of carbonyl (C=O) groups is 1. The van der Waals surface area contributed by atoms with Crippen molar-refractivity contribution in [1.29, 1.82) is 0 Å². The van der Waals surface area contributed by atoms with Gasteiger partial charge in [0.05, 0.1) is 5.39 Å². The van der Waals surface area contributed by atoms with E-state index in [-0.39, 0.29) is 5.03 Å². The Labute approximate surface area is 85.2 Å². The van der Waals surface area contributed by atoms with E-state index in [0.29, 0.717) is 22.9 Å². The molecule has 6 nitrogen and oxygen atoms in total. The summed E-state index contributed by atoms with van der Waals surface area (Å²) in [6, 6.07) is 1.44. The van der Waals surface area contributed by atoms with E-state index in [2.05, 4.69) is 15.2 Å². The van der Waals surface area contributed by atoms with Crippen LogP contribution in [0.1, 0.15) is 10.4 Å². The van der Waals surface area contributed by atoms with Crippen LogP contribution in [0.2, 0.25) is 0 Å². The first kappa shape index (κ1) is 9.78. The lowest BCUT2D eigenvalue weighted by Gasteiger charge is -1.93. The Morgan fingerprint density at radius 1 is 1.47 bits per heavy atom. The zero-order valence-electron chi connectivity index (χ0n) is 7.76. The molecule has 0 fully saturated rings. The van der Waals surface area contributed by atoms with Crippen LogP contribution in [0, 0.1) is 0 Å². The van der Waals surface area contributed by atoms with Crippen molar-refractivity contribution in [3.63, 3.8) is 0 Å². The van der Waals surface area contributed by atoms with Gasteiger partial charge in [0.15, 0.2) is 26.8 Å². The van der Waals surface area contributed by atoms with Gasteiger partial charge in [-0.1, -0.05) is 0 Å². The van der Waals surface area contributed by atoms with Crippen LogP contribution in [0.25, 0.3) is 11.0 Å². The third-order valence-electron chi connectivity index (χ3n) is 1.89. The van der Waals surface area contributed by atoms with Crippen LogP contribution in [0.4, 0.5) is 0 Å². The van der Waals surface area contributed by atoms with E-state index in [1.54, 1.807) is 0 Å². The number of nitrogens with zero attached hydrogens (tertiary/aromatic N) is 2. The van der Waals surface area contributed by atoms with Crippen LogP contribution < -0.4 is 0 Å². The molecule has 0 atom stereocenters. The molecule has 0 bridgehead atoms. The van der Waals surface area contributed by atoms with Gasteiger partial charge in [-0.05, 0) is 6.07 Å². The molecule has 0 amide bonds. The normalized spacial score (nSPS) is 11.8. The van der Waals surface area contributed by atoms with Gasteiger partial charge in [0, 0.05) is 18.0 Å². The summed E-state index contributed by atoms with van der Waals surface area (Å²) in [6.45, 7) is 0. The molecule has 15 heavy (non-hydrogen) atoms. The molecule has 1 N–H and O–H groups in total. The molecule has 2 aromatic heterocycles. The first-order valence-electron chi connectivity index (χ1n) is 4.02. The summed E-state index contributed by atoms with van der Waals surface area (Å²) >= 11 is 0. The van der Waals surface area contributed by atoms with Crippen molar-refractivity contribution in [3.05, 3.63) is 17.8 Å². The summed E-state index contributed by atoms with van der Waals surface area (Å²) in [5.74, 6) is 0. The molecule has 0 saturated heterocycles. The first-order valence-corrected chi connectivity index (χ1v) is 5.91. The fraction of sp³-hybridized carbons (Fsp3) is 0.125. The van der Waals surface area contributed by atoms with Crippen molar-refractivity contribution < 1.29 is 13.2 Å². The van der Waals surface area contributed by atoms with Gasteiger partial charge in [0.25, 0.3) is 0 Å². The third-order valence-corrected chi connectivity index (χ3v) is 2.90. The van der Waals surface area contributed by atoms with Crippen LogP contribution in [0.3, 0.4) is 0 Å². The minimum Gasteiger partial charge on any atom is -0.298 e. The van der Waals surface area contributed by atoms with Crippen LogP contribution in [0.15, 0.2) is 17.3 Å². The molecule has 78 valence electrons. The summed E-state index contributed by atoms with van der Waals surface area (Å²) < 4.78 is 22.6. The lowest BCUT2D eigenvalue weighted by molar-refractivity contribution is 0.112. The predicted octanol–water partition coefficient (Wildman–Crippen LogP) is 0.174. The predicted molar refractivity (Wildman–Crippen MR) is 52.4 cm³/mol. The molecule has 0 radical (unpaired) electrons. The Morgan fingerprint density at radius 2 is 2.20 bits per heavy atom. The number of sulfone groups is 1. The molecule has 0 aliphatic heterocycles. The van der Waals surface area contributed by atoms with Crippen molar-refractivity contribution >= 4 is 27.2 Å². The minimum atomic E-state index is -3.41. The van der Waals surface area contributed by atoms with Gasteiger partial charge >= 0.3 is 0 Å². The molecule has 0 saturated carbocycles. The molecule has 7 heteroatoms. The van der Waals surface area contributed by atoms with E-state index in [1.165, 1.54) is 12.3 Å². The number of pyridine rings is 1. The summed E-state index contributed by atoms with van der Waals surface area (Å²) in [5.41, 5.74) is 0.662. The zero-order chi connectivity index (χ0) is 11.1. The average molecular weight is 225 g/mol. The molecule has 0 aliphatic carbocycles. The summed E-state index contributed by atoms with van der Waals surface area (Å²) in [6.07, 6.45) is 3.00. The van der Waals surface area contributed by atoms with Gasteiger partial charge in [-0.15, -0.1) is 0 Å². The Balaban J connectivity index is 2.83. The Morgan fingerprint density at radius 3 is 2.80 bits per heavy atom.